The van der Waals surface area contributed by atoms with Gasteiger partial charge in [0.25, 0.3) is 0 Å². The summed E-state index contributed by atoms with van der Waals surface area (Å²) in [6.45, 7) is -0.0733. The zero-order chi connectivity index (χ0) is 18.8. The summed E-state index contributed by atoms with van der Waals surface area (Å²) in [7, 11) is -1.17. The first-order chi connectivity index (χ1) is 11.6. The lowest BCUT2D eigenvalue weighted by Crippen LogP contribution is -2.27. The first kappa shape index (κ1) is 19.7. The summed E-state index contributed by atoms with van der Waals surface area (Å²) in [6, 6.07) is 8.94. The molecule has 0 unspecified atom stereocenters. The van der Waals surface area contributed by atoms with E-state index in [-0.39, 0.29) is 17.2 Å². The molecule has 0 radical (unpaired) electrons. The van der Waals surface area contributed by atoms with Crippen LogP contribution in [0.2, 0.25) is 0 Å². The monoisotopic (exact) mass is 437 g/mol. The van der Waals surface area contributed by atoms with Crippen molar-refractivity contribution < 1.29 is 26.3 Å². The van der Waals surface area contributed by atoms with Crippen LogP contribution in [0.5, 0.6) is 5.75 Å². The van der Waals surface area contributed by atoms with Crippen molar-refractivity contribution in [3.8, 4) is 5.75 Å². The third-order valence-electron chi connectivity index (χ3n) is 3.50. The Labute approximate surface area is 152 Å². The van der Waals surface area contributed by atoms with E-state index in [4.69, 9.17) is 4.74 Å². The maximum absolute atomic E-state index is 12.7. The summed E-state index contributed by atoms with van der Waals surface area (Å²) in [4.78, 5) is -0.0289. The van der Waals surface area contributed by atoms with Crippen LogP contribution in [-0.4, -0.2) is 26.9 Å². The van der Waals surface area contributed by atoms with Crippen LogP contribution in [0.1, 0.15) is 11.1 Å². The highest BCUT2D eigenvalue weighted by Crippen LogP contribution is 2.31. The third-order valence-corrected chi connectivity index (χ3v) is 5.82. The Morgan fingerprint density at radius 3 is 2.24 bits per heavy atom. The molecule has 0 saturated heterocycles. The average Bonchev–Trinajstić information content (AvgIpc) is 2.54. The van der Waals surface area contributed by atoms with Crippen molar-refractivity contribution >= 4 is 26.0 Å². The fraction of sp³-hybridized carbons (Fsp3) is 0.250. The number of rotatable bonds is 5. The molecule has 0 saturated carbocycles. The van der Waals surface area contributed by atoms with Crippen LogP contribution in [-0.2, 0) is 22.7 Å². The lowest BCUT2D eigenvalue weighted by molar-refractivity contribution is -0.137. The normalized spacial score (nSPS) is 12.4. The van der Waals surface area contributed by atoms with E-state index < -0.39 is 21.8 Å². The molecule has 0 fully saturated rings. The zero-order valence-electron chi connectivity index (χ0n) is 13.3. The molecular weight excluding hydrogens is 423 g/mol. The number of halogens is 4. The highest BCUT2D eigenvalue weighted by atomic mass is 79.9. The minimum Gasteiger partial charge on any atom is -0.495 e. The van der Waals surface area contributed by atoms with Gasteiger partial charge in [-0.2, -0.15) is 17.5 Å². The van der Waals surface area contributed by atoms with Gasteiger partial charge in [0.15, 0.2) is 0 Å². The van der Waals surface area contributed by atoms with Crippen molar-refractivity contribution in [1.29, 1.82) is 0 Å². The lowest BCUT2D eigenvalue weighted by Gasteiger charge is -2.19. The summed E-state index contributed by atoms with van der Waals surface area (Å²) < 4.78 is 70.0. The van der Waals surface area contributed by atoms with Gasteiger partial charge in [-0.25, -0.2) is 8.42 Å². The molecule has 0 amide bonds. The number of nitrogens with zero attached hydrogens (tertiary/aromatic N) is 1. The van der Waals surface area contributed by atoms with E-state index in [1.807, 2.05) is 0 Å². The topological polar surface area (TPSA) is 46.6 Å². The summed E-state index contributed by atoms with van der Waals surface area (Å²) in [5, 5.41) is 0. The van der Waals surface area contributed by atoms with Gasteiger partial charge >= 0.3 is 6.18 Å². The second kappa shape index (κ2) is 7.35. The van der Waals surface area contributed by atoms with Crippen molar-refractivity contribution in [2.24, 2.45) is 0 Å². The first-order valence-corrected chi connectivity index (χ1v) is 9.25. The first-order valence-electron chi connectivity index (χ1n) is 7.01. The fourth-order valence-electron chi connectivity index (χ4n) is 2.16. The van der Waals surface area contributed by atoms with Crippen molar-refractivity contribution in [1.82, 2.24) is 4.31 Å². The number of alkyl halides is 3. The molecule has 4 nitrogen and oxygen atoms in total. The quantitative estimate of drug-likeness (QED) is 0.700. The third kappa shape index (κ3) is 4.53. The van der Waals surface area contributed by atoms with Crippen LogP contribution in [0.25, 0.3) is 0 Å². The molecule has 0 spiro atoms. The Hall–Kier alpha value is -1.58. The summed E-state index contributed by atoms with van der Waals surface area (Å²) in [5.74, 6) is 0.183. The van der Waals surface area contributed by atoms with Gasteiger partial charge in [0.1, 0.15) is 10.6 Å². The second-order valence-corrected chi connectivity index (χ2v) is 8.18. The molecular formula is C16H15BrF3NO3S. The predicted molar refractivity (Wildman–Crippen MR) is 90.8 cm³/mol. The van der Waals surface area contributed by atoms with Crippen molar-refractivity contribution in [2.75, 3.05) is 14.2 Å². The molecule has 2 rings (SSSR count). The highest BCUT2D eigenvalue weighted by molar-refractivity contribution is 9.10. The van der Waals surface area contributed by atoms with Crippen LogP contribution in [0.15, 0.2) is 51.8 Å². The molecule has 0 bridgehead atoms. The molecule has 25 heavy (non-hydrogen) atoms. The van der Waals surface area contributed by atoms with Crippen LogP contribution in [0.4, 0.5) is 13.2 Å². The molecule has 0 aromatic heterocycles. The van der Waals surface area contributed by atoms with Crippen molar-refractivity contribution in [3.63, 3.8) is 0 Å². The summed E-state index contributed by atoms with van der Waals surface area (Å²) >= 11 is 3.22. The van der Waals surface area contributed by atoms with E-state index in [9.17, 15) is 21.6 Å². The van der Waals surface area contributed by atoms with Gasteiger partial charge < -0.3 is 4.74 Å². The number of benzene rings is 2. The molecule has 0 aliphatic rings. The number of hydrogen-bond acceptors (Lipinski definition) is 3. The van der Waals surface area contributed by atoms with Gasteiger partial charge in [-0.3, -0.25) is 0 Å². The molecule has 0 N–H and O–H groups in total. The van der Waals surface area contributed by atoms with Crippen LogP contribution >= 0.6 is 15.9 Å². The zero-order valence-corrected chi connectivity index (χ0v) is 15.7. The van der Waals surface area contributed by atoms with E-state index in [0.717, 1.165) is 16.4 Å². The molecule has 0 heterocycles. The number of hydrogen-bond donors (Lipinski definition) is 0. The van der Waals surface area contributed by atoms with Crippen molar-refractivity contribution in [3.05, 3.63) is 58.1 Å². The molecule has 0 atom stereocenters. The molecule has 2 aromatic carbocycles. The molecule has 9 heteroatoms. The van der Waals surface area contributed by atoms with Gasteiger partial charge in [0.05, 0.1) is 12.7 Å². The highest BCUT2D eigenvalue weighted by Gasteiger charge is 2.30. The van der Waals surface area contributed by atoms with E-state index in [0.29, 0.717) is 10.0 Å². The standard InChI is InChI=1S/C16H15BrF3NO3S/c1-21(10-11-3-5-12(6-4-11)16(18,19)20)25(22,23)15-9-13(17)7-8-14(15)24-2/h3-9H,10H2,1-2H3. The van der Waals surface area contributed by atoms with Crippen LogP contribution in [0.3, 0.4) is 0 Å². The van der Waals surface area contributed by atoms with Crippen molar-refractivity contribution in [2.45, 2.75) is 17.6 Å². The Balaban J connectivity index is 2.28. The molecule has 0 aliphatic heterocycles. The molecule has 2 aromatic rings. The largest absolute Gasteiger partial charge is 0.495 e. The van der Waals surface area contributed by atoms with E-state index in [1.54, 1.807) is 6.07 Å². The number of methoxy groups -OCH3 is 1. The predicted octanol–water partition coefficient (Wildman–Crippen LogP) is 4.30. The minimum atomic E-state index is -4.43. The smallest absolute Gasteiger partial charge is 0.416 e. The number of sulfonamides is 1. The summed E-state index contributed by atoms with van der Waals surface area (Å²) in [5.41, 5.74) is -0.344. The average molecular weight is 438 g/mol. The minimum absolute atomic E-state index is 0.0289. The Morgan fingerprint density at radius 1 is 1.12 bits per heavy atom. The van der Waals surface area contributed by atoms with Crippen LogP contribution in [0, 0.1) is 0 Å². The SMILES string of the molecule is COc1ccc(Br)cc1S(=O)(=O)N(C)Cc1ccc(C(F)(F)F)cc1. The Morgan fingerprint density at radius 2 is 1.72 bits per heavy atom. The van der Waals surface area contributed by atoms with Crippen LogP contribution < -0.4 is 4.74 Å². The van der Waals surface area contributed by atoms with E-state index >= 15 is 0 Å². The second-order valence-electron chi connectivity index (χ2n) is 5.25. The number of ether oxygens (including phenoxy) is 1. The van der Waals surface area contributed by atoms with E-state index in [1.165, 1.54) is 38.4 Å². The van der Waals surface area contributed by atoms with E-state index in [2.05, 4.69) is 15.9 Å². The van der Waals surface area contributed by atoms with Gasteiger partial charge in [0.2, 0.25) is 10.0 Å². The van der Waals surface area contributed by atoms with Gasteiger partial charge in [-0.15, -0.1) is 0 Å². The van der Waals surface area contributed by atoms with Gasteiger partial charge in [0, 0.05) is 18.1 Å². The van der Waals surface area contributed by atoms with Gasteiger partial charge in [-0.05, 0) is 35.9 Å². The maximum Gasteiger partial charge on any atom is 0.416 e. The molecule has 0 aliphatic carbocycles. The lowest BCUT2D eigenvalue weighted by atomic mass is 10.1. The van der Waals surface area contributed by atoms with Gasteiger partial charge in [-0.1, -0.05) is 28.1 Å². The fourth-order valence-corrected chi connectivity index (χ4v) is 4.01. The molecule has 136 valence electrons. The summed E-state index contributed by atoms with van der Waals surface area (Å²) in [6.07, 6.45) is -4.43. The Kier molecular flexibility index (Phi) is 5.80. The maximum atomic E-state index is 12.7. The Bertz CT molecular complexity index is 852.